The Kier molecular flexibility index (Phi) is 5.66. The first-order chi connectivity index (χ1) is 14.7. The second-order valence-electron chi connectivity index (χ2n) is 13.6. The number of ether oxygens (including phenoxy) is 1. The molecule has 0 aromatic rings. The first-order valence-corrected chi connectivity index (χ1v) is 14.0. The molecule has 1 aliphatic heterocycles. The normalized spacial score (nSPS) is 52.6. The van der Waals surface area contributed by atoms with Crippen molar-refractivity contribution in [2.75, 3.05) is 0 Å². The van der Waals surface area contributed by atoms with Crippen molar-refractivity contribution >= 4 is 0 Å². The first kappa shape index (κ1) is 22.7. The molecule has 0 radical (unpaired) electrons. The molecule has 0 bridgehead atoms. The number of hydrogen-bond acceptors (Lipinski definition) is 2. The van der Waals surface area contributed by atoms with Crippen molar-refractivity contribution in [1.82, 2.24) is 0 Å². The molecule has 5 unspecified atom stereocenters. The number of aliphatic hydroxyl groups excluding tert-OH is 1. The average Bonchev–Trinajstić information content (AvgIpc) is 3.29. The second kappa shape index (κ2) is 7.72. The molecular weight excluding hydrogens is 380 g/mol. The van der Waals surface area contributed by atoms with E-state index in [1.165, 1.54) is 57.8 Å². The van der Waals surface area contributed by atoms with E-state index in [0.29, 0.717) is 16.9 Å². The van der Waals surface area contributed by atoms with E-state index in [-0.39, 0.29) is 11.7 Å². The van der Waals surface area contributed by atoms with Crippen molar-refractivity contribution in [1.29, 1.82) is 0 Å². The van der Waals surface area contributed by atoms with Crippen molar-refractivity contribution in [3.63, 3.8) is 0 Å². The molecule has 5 rings (SSSR count). The van der Waals surface area contributed by atoms with Gasteiger partial charge in [-0.1, -0.05) is 54.4 Å². The lowest BCUT2D eigenvalue weighted by Crippen LogP contribution is -2.58. The van der Waals surface area contributed by atoms with E-state index >= 15 is 0 Å². The number of fused-ring (bicyclic) bond motifs is 4. The lowest BCUT2D eigenvalue weighted by Gasteiger charge is -2.59. The van der Waals surface area contributed by atoms with Crippen LogP contribution >= 0.6 is 0 Å². The Bertz CT molecular complexity index is 674. The van der Waals surface area contributed by atoms with E-state index < -0.39 is 0 Å². The van der Waals surface area contributed by atoms with Gasteiger partial charge in [0.1, 0.15) is 5.60 Å². The quantitative estimate of drug-likeness (QED) is 0.451. The Labute approximate surface area is 192 Å². The number of rotatable bonds is 6. The van der Waals surface area contributed by atoms with Gasteiger partial charge in [0, 0.05) is 11.8 Å². The van der Waals surface area contributed by atoms with Crippen molar-refractivity contribution in [3.8, 4) is 0 Å². The van der Waals surface area contributed by atoms with Gasteiger partial charge < -0.3 is 9.84 Å². The molecule has 0 aromatic carbocycles. The third kappa shape index (κ3) is 3.23. The molecule has 2 heteroatoms. The molecule has 31 heavy (non-hydrogen) atoms. The Hall–Kier alpha value is -0.0800. The SMILES string of the molecule is CCC(CC[C@@H](C)C1CCC2C3C[C@H]4O[C@]45C[C@@H](O)CC[C@]5(C)C3CC[C@@]21C)C(C)C. The highest BCUT2D eigenvalue weighted by atomic mass is 16.6. The Balaban J connectivity index is 1.31. The summed E-state index contributed by atoms with van der Waals surface area (Å²) in [7, 11) is 0. The summed E-state index contributed by atoms with van der Waals surface area (Å²) in [5, 5.41) is 10.4. The molecule has 5 fully saturated rings. The zero-order valence-electron chi connectivity index (χ0n) is 21.3. The summed E-state index contributed by atoms with van der Waals surface area (Å²) in [5.41, 5.74) is 0.910. The van der Waals surface area contributed by atoms with Crippen LogP contribution in [0.25, 0.3) is 0 Å². The zero-order chi connectivity index (χ0) is 22.2. The minimum atomic E-state index is -0.127. The van der Waals surface area contributed by atoms with E-state index in [4.69, 9.17) is 4.74 Å². The fourth-order valence-corrected chi connectivity index (χ4v) is 10.3. The van der Waals surface area contributed by atoms with Crippen LogP contribution in [0.3, 0.4) is 0 Å². The molecule has 1 spiro atoms. The maximum absolute atomic E-state index is 10.4. The fraction of sp³-hybridized carbons (Fsp3) is 1.00. The molecular formula is C29H50O2. The summed E-state index contributed by atoms with van der Waals surface area (Å²) in [4.78, 5) is 0. The van der Waals surface area contributed by atoms with Crippen molar-refractivity contribution in [3.05, 3.63) is 0 Å². The van der Waals surface area contributed by atoms with Crippen molar-refractivity contribution < 1.29 is 9.84 Å². The average molecular weight is 431 g/mol. The Morgan fingerprint density at radius 1 is 0.968 bits per heavy atom. The van der Waals surface area contributed by atoms with Gasteiger partial charge in [-0.25, -0.2) is 0 Å². The van der Waals surface area contributed by atoms with Gasteiger partial charge in [0.05, 0.1) is 12.2 Å². The van der Waals surface area contributed by atoms with E-state index in [9.17, 15) is 5.11 Å². The van der Waals surface area contributed by atoms with Gasteiger partial charge in [0.25, 0.3) is 0 Å². The molecule has 1 N–H and O–H groups in total. The van der Waals surface area contributed by atoms with Crippen LogP contribution in [0.1, 0.15) is 112 Å². The fourth-order valence-electron chi connectivity index (χ4n) is 10.3. The minimum absolute atomic E-state index is 0.0386. The van der Waals surface area contributed by atoms with Crippen molar-refractivity contribution in [2.24, 2.45) is 52.3 Å². The van der Waals surface area contributed by atoms with Crippen LogP contribution in [0.5, 0.6) is 0 Å². The third-order valence-corrected chi connectivity index (χ3v) is 12.3. The summed E-state index contributed by atoms with van der Waals surface area (Å²) in [6.07, 6.45) is 14.7. The van der Waals surface area contributed by atoms with E-state index in [0.717, 1.165) is 54.3 Å². The van der Waals surface area contributed by atoms with Crippen LogP contribution in [-0.4, -0.2) is 22.9 Å². The van der Waals surface area contributed by atoms with Gasteiger partial charge in [-0.05, 0) is 98.2 Å². The van der Waals surface area contributed by atoms with E-state index in [2.05, 4.69) is 41.5 Å². The number of epoxide rings is 1. The molecule has 1 saturated heterocycles. The lowest BCUT2D eigenvalue weighted by molar-refractivity contribution is -0.116. The Morgan fingerprint density at radius 3 is 2.45 bits per heavy atom. The van der Waals surface area contributed by atoms with Crippen LogP contribution in [0.15, 0.2) is 0 Å². The molecule has 4 saturated carbocycles. The molecule has 4 aliphatic carbocycles. The number of hydrogen-bond donors (Lipinski definition) is 1. The topological polar surface area (TPSA) is 32.8 Å². The zero-order valence-corrected chi connectivity index (χ0v) is 21.3. The van der Waals surface area contributed by atoms with Crippen LogP contribution in [0.4, 0.5) is 0 Å². The monoisotopic (exact) mass is 430 g/mol. The van der Waals surface area contributed by atoms with Gasteiger partial charge in [0.15, 0.2) is 0 Å². The third-order valence-electron chi connectivity index (χ3n) is 12.3. The summed E-state index contributed by atoms with van der Waals surface area (Å²) in [6, 6.07) is 0. The van der Waals surface area contributed by atoms with Crippen LogP contribution < -0.4 is 0 Å². The van der Waals surface area contributed by atoms with Gasteiger partial charge >= 0.3 is 0 Å². The predicted molar refractivity (Wildman–Crippen MR) is 128 cm³/mol. The highest BCUT2D eigenvalue weighted by Crippen LogP contribution is 2.74. The van der Waals surface area contributed by atoms with Gasteiger partial charge in [-0.2, -0.15) is 0 Å². The predicted octanol–water partition coefficient (Wildman–Crippen LogP) is 7.24. The highest BCUT2D eigenvalue weighted by molar-refractivity contribution is 5.24. The molecule has 0 amide bonds. The van der Waals surface area contributed by atoms with Gasteiger partial charge in [-0.3, -0.25) is 0 Å². The van der Waals surface area contributed by atoms with Gasteiger partial charge in [-0.15, -0.1) is 0 Å². The number of aliphatic hydroxyl groups is 1. The van der Waals surface area contributed by atoms with Crippen LogP contribution in [0, 0.1) is 52.3 Å². The van der Waals surface area contributed by atoms with Crippen molar-refractivity contribution in [2.45, 2.75) is 130 Å². The Morgan fingerprint density at radius 2 is 1.74 bits per heavy atom. The van der Waals surface area contributed by atoms with E-state index in [1.54, 1.807) is 0 Å². The molecule has 11 atom stereocenters. The molecule has 0 aromatic heterocycles. The highest BCUT2D eigenvalue weighted by Gasteiger charge is 2.76. The summed E-state index contributed by atoms with van der Waals surface area (Å²) in [5.74, 6) is 6.15. The van der Waals surface area contributed by atoms with Crippen LogP contribution in [-0.2, 0) is 4.74 Å². The lowest BCUT2D eigenvalue weighted by atomic mass is 9.44. The summed E-state index contributed by atoms with van der Waals surface area (Å²) < 4.78 is 6.53. The summed E-state index contributed by atoms with van der Waals surface area (Å²) >= 11 is 0. The molecule has 178 valence electrons. The summed E-state index contributed by atoms with van der Waals surface area (Å²) in [6.45, 7) is 15.1. The minimum Gasteiger partial charge on any atom is -0.393 e. The standard InChI is InChI=1S/C29H50O2/c1-7-20(18(2)3)9-8-19(4)23-10-11-24-22-16-26-29(31-26)17-21(30)12-15-28(29,6)25(22)13-14-27(23,24)5/h18-26,30H,7-17H2,1-6H3/t19-,20?,21+,22?,23?,24?,25?,26-,27-,28-,29-/m1/s1. The smallest absolute Gasteiger partial charge is 0.103 e. The molecule has 1 heterocycles. The largest absolute Gasteiger partial charge is 0.393 e. The second-order valence-corrected chi connectivity index (χ2v) is 13.6. The maximum atomic E-state index is 10.4. The van der Waals surface area contributed by atoms with Gasteiger partial charge in [0.2, 0.25) is 0 Å². The maximum Gasteiger partial charge on any atom is 0.103 e. The first-order valence-electron chi connectivity index (χ1n) is 14.0. The van der Waals surface area contributed by atoms with E-state index in [1.807, 2.05) is 0 Å². The van der Waals surface area contributed by atoms with Crippen LogP contribution in [0.2, 0.25) is 0 Å². The molecule has 5 aliphatic rings. The molecule has 2 nitrogen and oxygen atoms in total.